The second-order valence-electron chi connectivity index (χ2n) is 0.875. The van der Waals surface area contributed by atoms with Gasteiger partial charge in [-0.3, -0.25) is 0 Å². The summed E-state index contributed by atoms with van der Waals surface area (Å²) >= 11 is -4.82. The molecule has 0 saturated heterocycles. The molecule has 0 rings (SSSR count). The van der Waals surface area contributed by atoms with Crippen LogP contribution in [0.4, 0.5) is 0 Å². The van der Waals surface area contributed by atoms with E-state index >= 15 is 0 Å². The van der Waals surface area contributed by atoms with Crippen molar-refractivity contribution < 1.29 is 24.0 Å². The van der Waals surface area contributed by atoms with Gasteiger partial charge in [-0.15, -0.1) is 0 Å². The molecule has 4 N–H and O–H groups in total. The standard InChI is InChI=1S/2NO2.2H2N.Na.Pt.H/c2*2-1-3;;;;;/h;;2*1H2;;;/q;;2*-1;;+2;. The topological polar surface area (TPSA) is 138 Å². The quantitative estimate of drug-likeness (QED) is 0.326. The second kappa shape index (κ2) is 4.32. The van der Waals surface area contributed by atoms with E-state index < -0.39 is 24.0 Å². The van der Waals surface area contributed by atoms with Crippen LogP contribution in [-0.2, 0) is 17.1 Å². The Balaban J connectivity index is 0. The van der Waals surface area contributed by atoms with Gasteiger partial charge in [-0.05, 0) is 0 Å². The van der Waals surface area contributed by atoms with Crippen LogP contribution in [-0.4, -0.2) is 36.5 Å². The average Bonchev–Trinajstić information content (AvgIpc) is 1.65. The summed E-state index contributed by atoms with van der Waals surface area (Å²) in [5.74, 6) is 0. The predicted molar refractivity (Wildman–Crippen MR) is 29.5 cm³/mol. The molecule has 0 radical (unpaired) electrons. The van der Waals surface area contributed by atoms with E-state index in [1.807, 2.05) is 0 Å². The van der Waals surface area contributed by atoms with Crippen LogP contribution in [0.25, 0.3) is 0 Å². The van der Waals surface area contributed by atoms with E-state index in [9.17, 15) is 20.2 Å². The van der Waals surface area contributed by atoms with Gasteiger partial charge in [0.2, 0.25) is 0 Å². The van der Waals surface area contributed by atoms with E-state index in [4.69, 9.17) is 0 Å². The van der Waals surface area contributed by atoms with Crippen molar-refractivity contribution in [3.05, 3.63) is 20.2 Å². The maximum absolute atomic E-state index is 9.66. The van der Waals surface area contributed by atoms with Crippen molar-refractivity contribution in [2.24, 2.45) is 8.58 Å². The first-order chi connectivity index (χ1) is 3.89. The number of hydrogen-bond acceptors (Lipinski definition) is 6. The Labute approximate surface area is 81.9 Å². The number of rotatable bonds is 2. The summed E-state index contributed by atoms with van der Waals surface area (Å²) in [6.45, 7) is 0. The van der Waals surface area contributed by atoms with Crippen LogP contribution < -0.4 is 8.58 Å². The summed E-state index contributed by atoms with van der Waals surface area (Å²) in [4.78, 5) is 19.3. The molecule has 60 valence electrons. The Morgan fingerprint density at radius 1 is 1.10 bits per heavy atom. The van der Waals surface area contributed by atoms with E-state index in [0.717, 1.165) is 0 Å². The number of nitro groups is 2. The third-order valence-corrected chi connectivity index (χ3v) is 3.03. The van der Waals surface area contributed by atoms with Crippen LogP contribution in [0, 0.1) is 20.2 Å². The molecule has 0 bridgehead atoms. The zero-order chi connectivity index (χ0) is 7.65. The Kier molecular flexibility index (Phi) is 5.63. The molecule has 0 aliphatic rings. The third kappa shape index (κ3) is 3.00. The van der Waals surface area contributed by atoms with Crippen LogP contribution in [0.3, 0.4) is 0 Å². The van der Waals surface area contributed by atoms with Gasteiger partial charge in [0.05, 0.1) is 0 Å². The van der Waals surface area contributed by atoms with Crippen LogP contribution in [0.2, 0.25) is 0 Å². The molecule has 0 heterocycles. The van der Waals surface area contributed by atoms with E-state index in [2.05, 4.69) is 8.58 Å². The molecular weight excluding hydrogens is 338 g/mol. The normalized spacial score (nSPS) is 11.4. The van der Waals surface area contributed by atoms with Crippen molar-refractivity contribution >= 4 is 29.6 Å². The van der Waals surface area contributed by atoms with E-state index in [-0.39, 0.29) is 29.6 Å². The Hall–Kier alpha value is 0.408. The Bertz CT molecular complexity index is 139. The van der Waals surface area contributed by atoms with Crippen molar-refractivity contribution in [3.63, 3.8) is 0 Å². The molecule has 8 nitrogen and oxygen atoms in total. The van der Waals surface area contributed by atoms with Crippen molar-refractivity contribution in [2.45, 2.75) is 0 Å². The summed E-state index contributed by atoms with van der Waals surface area (Å²) < 4.78 is 6.72. The van der Waals surface area contributed by atoms with Gasteiger partial charge in [-0.25, -0.2) is 0 Å². The average molecular weight is 343 g/mol. The van der Waals surface area contributed by atoms with Gasteiger partial charge in [-0.2, -0.15) is 0 Å². The fourth-order valence-corrected chi connectivity index (χ4v) is 0.345. The first-order valence-corrected chi connectivity index (χ1v) is 6.03. The molecule has 0 saturated carbocycles. The molecule has 0 aromatic carbocycles. The molecule has 0 aliphatic heterocycles. The molecule has 0 spiro atoms. The van der Waals surface area contributed by atoms with Gasteiger partial charge in [0.25, 0.3) is 0 Å². The molecule has 0 aromatic heterocycles. The van der Waals surface area contributed by atoms with Crippen LogP contribution in [0.5, 0.6) is 0 Å². The van der Waals surface area contributed by atoms with Crippen LogP contribution in [0.15, 0.2) is 0 Å². The zero-order valence-corrected chi connectivity index (χ0v) is 6.27. The molecule has 0 fully saturated rings. The summed E-state index contributed by atoms with van der Waals surface area (Å²) in [7, 11) is 0. The maximum atomic E-state index is 9.66. The summed E-state index contributed by atoms with van der Waals surface area (Å²) in [6, 6.07) is 0. The zero-order valence-electron chi connectivity index (χ0n) is 4.00. The van der Waals surface area contributed by atoms with Crippen molar-refractivity contribution in [3.8, 4) is 0 Å². The molecule has 0 atom stereocenters. The second-order valence-corrected chi connectivity index (χ2v) is 6.09. The van der Waals surface area contributed by atoms with E-state index in [0.29, 0.717) is 0 Å². The molecule has 0 aromatic rings. The van der Waals surface area contributed by atoms with Gasteiger partial charge >= 0.3 is 82.4 Å². The SMILES string of the molecule is [NH2][Pt]([NH2])([N+](=O)[O-])[N+](=O)[O-].[NaH]. The molecule has 10 heteroatoms. The fourth-order valence-electron chi connectivity index (χ4n) is 0.0422. The molecule has 0 amide bonds. The van der Waals surface area contributed by atoms with Gasteiger partial charge in [0, 0.05) is 0 Å². The van der Waals surface area contributed by atoms with Crippen LogP contribution >= 0.6 is 0 Å². The summed E-state index contributed by atoms with van der Waals surface area (Å²) in [5, 5.41) is 19.3. The minimum atomic E-state index is -4.82. The first kappa shape index (κ1) is 13.0. The van der Waals surface area contributed by atoms with Gasteiger partial charge in [0.15, 0.2) is 0 Å². The Morgan fingerprint density at radius 3 is 1.30 bits per heavy atom. The van der Waals surface area contributed by atoms with E-state index in [1.54, 1.807) is 0 Å². The Morgan fingerprint density at radius 2 is 1.30 bits per heavy atom. The summed E-state index contributed by atoms with van der Waals surface area (Å²) in [5.41, 5.74) is 0. The van der Waals surface area contributed by atoms with Crippen molar-refractivity contribution in [1.29, 1.82) is 0 Å². The third-order valence-electron chi connectivity index (χ3n) is 0.370. The number of hydrogen-bond donors (Lipinski definition) is 2. The number of nitrogens with two attached hydrogens (primary N) is 2. The molecular formula is H5N4NaO4Pt. The molecule has 0 aliphatic carbocycles. The minimum absolute atomic E-state index is 0. The van der Waals surface area contributed by atoms with Gasteiger partial charge < -0.3 is 0 Å². The predicted octanol–water partition coefficient (Wildman–Crippen LogP) is -2.38. The fraction of sp³-hybridized carbons (Fsp3) is 0. The van der Waals surface area contributed by atoms with Gasteiger partial charge in [-0.1, -0.05) is 0 Å². The monoisotopic (exact) mass is 343 g/mol. The summed E-state index contributed by atoms with van der Waals surface area (Å²) in [6.07, 6.45) is 0. The van der Waals surface area contributed by atoms with Gasteiger partial charge in [0.1, 0.15) is 0 Å². The van der Waals surface area contributed by atoms with Crippen molar-refractivity contribution in [1.82, 2.24) is 0 Å². The first-order valence-electron chi connectivity index (χ1n) is 1.38. The van der Waals surface area contributed by atoms with E-state index in [1.165, 1.54) is 0 Å². The number of nitrogens with zero attached hydrogens (tertiary/aromatic N) is 2. The molecule has 0 unspecified atom stereocenters. The van der Waals surface area contributed by atoms with Crippen LogP contribution in [0.1, 0.15) is 0 Å². The molecule has 10 heavy (non-hydrogen) atoms. The van der Waals surface area contributed by atoms with Crippen molar-refractivity contribution in [2.75, 3.05) is 0 Å².